The fourth-order valence-electron chi connectivity index (χ4n) is 1.75. The van der Waals surface area contributed by atoms with Crippen LogP contribution in [0.3, 0.4) is 0 Å². The second-order valence-electron chi connectivity index (χ2n) is 3.68. The molecule has 1 saturated heterocycles. The maximum atomic E-state index is 5.79. The van der Waals surface area contributed by atoms with Crippen LogP contribution in [0.25, 0.3) is 0 Å². The van der Waals surface area contributed by atoms with Gasteiger partial charge in [0.1, 0.15) is 0 Å². The zero-order valence-electron chi connectivity index (χ0n) is 9.04. The molecule has 1 fully saturated rings. The van der Waals surface area contributed by atoms with Crippen molar-refractivity contribution in [2.75, 3.05) is 38.7 Å². The molecule has 84 valence electrons. The number of hydrogen-bond acceptors (Lipinski definition) is 3. The Kier molecular flexibility index (Phi) is 5.78. The molecule has 1 heterocycles. The standard InChI is InChI=1S/C10H20ClNO2/c1-3-13-5-4-12-7-9(2)14-10(6-11)8-12/h9-10H,3-8H2,1-2H3. The van der Waals surface area contributed by atoms with Crippen LogP contribution >= 0.6 is 11.6 Å². The van der Waals surface area contributed by atoms with Gasteiger partial charge < -0.3 is 9.47 Å². The van der Waals surface area contributed by atoms with E-state index in [0.29, 0.717) is 5.88 Å². The number of alkyl halides is 1. The van der Waals surface area contributed by atoms with Gasteiger partial charge in [-0.3, -0.25) is 4.90 Å². The van der Waals surface area contributed by atoms with E-state index in [0.717, 1.165) is 32.8 Å². The Hall–Kier alpha value is 0.170. The summed E-state index contributed by atoms with van der Waals surface area (Å²) in [5, 5.41) is 0. The molecule has 0 aromatic rings. The van der Waals surface area contributed by atoms with Gasteiger partial charge in [-0.25, -0.2) is 0 Å². The normalized spacial score (nSPS) is 29.4. The van der Waals surface area contributed by atoms with E-state index in [1.807, 2.05) is 6.92 Å². The van der Waals surface area contributed by atoms with Crippen molar-refractivity contribution in [2.45, 2.75) is 26.1 Å². The van der Waals surface area contributed by atoms with Crippen LogP contribution in [0.15, 0.2) is 0 Å². The van der Waals surface area contributed by atoms with Crippen LogP contribution in [0.5, 0.6) is 0 Å². The van der Waals surface area contributed by atoms with E-state index >= 15 is 0 Å². The van der Waals surface area contributed by atoms with Gasteiger partial charge in [0.05, 0.1) is 18.8 Å². The molecular formula is C10H20ClNO2. The molecule has 3 nitrogen and oxygen atoms in total. The van der Waals surface area contributed by atoms with Gasteiger partial charge in [-0.1, -0.05) is 0 Å². The van der Waals surface area contributed by atoms with Crippen molar-refractivity contribution < 1.29 is 9.47 Å². The smallest absolute Gasteiger partial charge is 0.0841 e. The molecule has 0 bridgehead atoms. The molecule has 0 radical (unpaired) electrons. The van der Waals surface area contributed by atoms with Crippen molar-refractivity contribution in [1.29, 1.82) is 0 Å². The topological polar surface area (TPSA) is 21.7 Å². The lowest BCUT2D eigenvalue weighted by molar-refractivity contribution is -0.0711. The highest BCUT2D eigenvalue weighted by Crippen LogP contribution is 2.11. The molecule has 0 saturated carbocycles. The molecule has 0 aromatic carbocycles. The Morgan fingerprint density at radius 3 is 2.93 bits per heavy atom. The van der Waals surface area contributed by atoms with Crippen LogP contribution in [0.2, 0.25) is 0 Å². The van der Waals surface area contributed by atoms with E-state index < -0.39 is 0 Å². The van der Waals surface area contributed by atoms with Gasteiger partial charge in [0.15, 0.2) is 0 Å². The molecule has 0 N–H and O–H groups in total. The third kappa shape index (κ3) is 4.13. The van der Waals surface area contributed by atoms with Gasteiger partial charge >= 0.3 is 0 Å². The monoisotopic (exact) mass is 221 g/mol. The quantitative estimate of drug-likeness (QED) is 0.517. The summed E-state index contributed by atoms with van der Waals surface area (Å²) >= 11 is 5.79. The van der Waals surface area contributed by atoms with Crippen LogP contribution in [0, 0.1) is 0 Å². The summed E-state index contributed by atoms with van der Waals surface area (Å²) < 4.78 is 11.0. The average Bonchev–Trinajstić information content (AvgIpc) is 2.17. The first-order chi connectivity index (χ1) is 6.76. The first-order valence-corrected chi connectivity index (χ1v) is 5.81. The predicted octanol–water partition coefficient (Wildman–Crippen LogP) is 1.35. The molecule has 1 aliphatic rings. The number of ether oxygens (including phenoxy) is 2. The van der Waals surface area contributed by atoms with Crippen LogP contribution in [0.1, 0.15) is 13.8 Å². The van der Waals surface area contributed by atoms with E-state index in [9.17, 15) is 0 Å². The van der Waals surface area contributed by atoms with Crippen LogP contribution in [-0.2, 0) is 9.47 Å². The first kappa shape index (κ1) is 12.2. The summed E-state index contributed by atoms with van der Waals surface area (Å²) in [5.41, 5.74) is 0. The van der Waals surface area contributed by atoms with Gasteiger partial charge in [0, 0.05) is 32.1 Å². The molecule has 14 heavy (non-hydrogen) atoms. The lowest BCUT2D eigenvalue weighted by Gasteiger charge is -2.35. The molecule has 2 unspecified atom stereocenters. The van der Waals surface area contributed by atoms with Crippen LogP contribution < -0.4 is 0 Å². The molecule has 0 spiro atoms. The summed E-state index contributed by atoms with van der Waals surface area (Å²) in [6, 6.07) is 0. The van der Waals surface area contributed by atoms with E-state index in [-0.39, 0.29) is 12.2 Å². The summed E-state index contributed by atoms with van der Waals surface area (Å²) in [6.45, 7) is 8.60. The lowest BCUT2D eigenvalue weighted by Crippen LogP contribution is -2.48. The third-order valence-electron chi connectivity index (χ3n) is 2.33. The third-order valence-corrected chi connectivity index (χ3v) is 2.67. The van der Waals surface area contributed by atoms with Crippen molar-refractivity contribution in [1.82, 2.24) is 4.90 Å². The highest BCUT2D eigenvalue weighted by atomic mass is 35.5. The fraction of sp³-hybridized carbons (Fsp3) is 1.00. The zero-order valence-corrected chi connectivity index (χ0v) is 9.79. The van der Waals surface area contributed by atoms with Gasteiger partial charge in [0.25, 0.3) is 0 Å². The number of hydrogen-bond donors (Lipinski definition) is 0. The molecule has 0 aliphatic carbocycles. The molecule has 4 heteroatoms. The zero-order chi connectivity index (χ0) is 10.4. The molecule has 1 aliphatic heterocycles. The Balaban J connectivity index is 2.23. The Bertz CT molecular complexity index is 157. The van der Waals surface area contributed by atoms with Gasteiger partial charge in [-0.2, -0.15) is 0 Å². The van der Waals surface area contributed by atoms with Crippen molar-refractivity contribution in [3.8, 4) is 0 Å². The highest BCUT2D eigenvalue weighted by molar-refractivity contribution is 6.18. The number of morpholine rings is 1. The van der Waals surface area contributed by atoms with E-state index in [4.69, 9.17) is 21.1 Å². The highest BCUT2D eigenvalue weighted by Gasteiger charge is 2.23. The Morgan fingerprint density at radius 2 is 2.29 bits per heavy atom. The molecule has 1 rings (SSSR count). The Morgan fingerprint density at radius 1 is 1.50 bits per heavy atom. The van der Waals surface area contributed by atoms with E-state index in [1.54, 1.807) is 0 Å². The minimum atomic E-state index is 0.182. The van der Waals surface area contributed by atoms with E-state index in [2.05, 4.69) is 11.8 Å². The van der Waals surface area contributed by atoms with Crippen molar-refractivity contribution in [2.24, 2.45) is 0 Å². The van der Waals surface area contributed by atoms with Crippen LogP contribution in [-0.4, -0.2) is 55.8 Å². The fourth-order valence-corrected chi connectivity index (χ4v) is 1.92. The number of rotatable bonds is 5. The average molecular weight is 222 g/mol. The molecule has 0 aromatic heterocycles. The number of halogens is 1. The maximum Gasteiger partial charge on any atom is 0.0841 e. The molecule has 2 atom stereocenters. The van der Waals surface area contributed by atoms with E-state index in [1.165, 1.54) is 0 Å². The second-order valence-corrected chi connectivity index (χ2v) is 3.99. The largest absolute Gasteiger partial charge is 0.380 e. The summed E-state index contributed by atoms with van der Waals surface area (Å²) in [6.07, 6.45) is 0.469. The first-order valence-electron chi connectivity index (χ1n) is 5.27. The molecule has 0 amide bonds. The second kappa shape index (κ2) is 6.62. The van der Waals surface area contributed by atoms with Gasteiger partial charge in [-0.15, -0.1) is 11.6 Å². The van der Waals surface area contributed by atoms with Crippen LogP contribution in [0.4, 0.5) is 0 Å². The predicted molar refractivity (Wildman–Crippen MR) is 58.0 cm³/mol. The molecular weight excluding hydrogens is 202 g/mol. The lowest BCUT2D eigenvalue weighted by atomic mass is 10.2. The Labute approximate surface area is 91.3 Å². The van der Waals surface area contributed by atoms with Crippen molar-refractivity contribution in [3.05, 3.63) is 0 Å². The van der Waals surface area contributed by atoms with Gasteiger partial charge in [0.2, 0.25) is 0 Å². The maximum absolute atomic E-state index is 5.79. The number of nitrogens with zero attached hydrogens (tertiary/aromatic N) is 1. The van der Waals surface area contributed by atoms with Crippen molar-refractivity contribution >= 4 is 11.6 Å². The van der Waals surface area contributed by atoms with Gasteiger partial charge in [-0.05, 0) is 13.8 Å². The van der Waals surface area contributed by atoms with Crippen molar-refractivity contribution in [3.63, 3.8) is 0 Å². The minimum absolute atomic E-state index is 0.182. The summed E-state index contributed by atoms with van der Waals surface area (Å²) in [4.78, 5) is 2.36. The summed E-state index contributed by atoms with van der Waals surface area (Å²) in [5.74, 6) is 0.579. The SMILES string of the molecule is CCOCCN1CC(C)OC(CCl)C1. The minimum Gasteiger partial charge on any atom is -0.380 e. The summed E-state index contributed by atoms with van der Waals surface area (Å²) in [7, 11) is 0.